The molecule has 7 heteroatoms. The first-order chi connectivity index (χ1) is 14.1. The lowest BCUT2D eigenvalue weighted by Gasteiger charge is -2.34. The molecule has 4 rings (SSSR count). The Labute approximate surface area is 171 Å². The number of methoxy groups -OCH3 is 1. The zero-order valence-corrected chi connectivity index (χ0v) is 16.9. The first kappa shape index (κ1) is 19.5. The van der Waals surface area contributed by atoms with Crippen molar-refractivity contribution in [1.82, 2.24) is 9.80 Å². The number of amides is 1. The van der Waals surface area contributed by atoms with E-state index in [0.717, 1.165) is 44.2 Å². The fourth-order valence-corrected chi connectivity index (χ4v) is 3.76. The Morgan fingerprint density at radius 2 is 1.79 bits per heavy atom. The highest BCUT2D eigenvalue weighted by Crippen LogP contribution is 2.34. The summed E-state index contributed by atoms with van der Waals surface area (Å²) in [5.41, 5.74) is 3.17. The maximum atomic E-state index is 12.4. The molecule has 2 aliphatic heterocycles. The van der Waals surface area contributed by atoms with Crippen LogP contribution in [0.15, 0.2) is 36.4 Å². The van der Waals surface area contributed by atoms with Gasteiger partial charge < -0.3 is 19.5 Å². The molecule has 2 heterocycles. The summed E-state index contributed by atoms with van der Waals surface area (Å²) < 4.78 is 16.1. The highest BCUT2D eigenvalue weighted by atomic mass is 16.7. The second kappa shape index (κ2) is 8.71. The van der Waals surface area contributed by atoms with Crippen molar-refractivity contribution in [2.75, 3.05) is 51.9 Å². The van der Waals surface area contributed by atoms with Crippen LogP contribution in [-0.4, -0.2) is 62.3 Å². The molecule has 0 spiro atoms. The number of carbonyl (C=O) groups is 1. The molecular formula is C22H27N3O4. The van der Waals surface area contributed by atoms with Gasteiger partial charge in [0.25, 0.3) is 0 Å². The maximum Gasteiger partial charge on any atom is 0.238 e. The Morgan fingerprint density at radius 1 is 1.03 bits per heavy atom. The molecule has 2 aromatic rings. The van der Waals surface area contributed by atoms with Gasteiger partial charge in [-0.15, -0.1) is 0 Å². The van der Waals surface area contributed by atoms with Gasteiger partial charge in [0.2, 0.25) is 12.7 Å². The van der Waals surface area contributed by atoms with Crippen molar-refractivity contribution in [3.8, 4) is 17.2 Å². The average Bonchev–Trinajstić information content (AvgIpc) is 3.17. The number of anilines is 1. The number of nitrogens with zero attached hydrogens (tertiary/aromatic N) is 2. The van der Waals surface area contributed by atoms with Crippen LogP contribution in [0.25, 0.3) is 0 Å². The standard InChI is InChI=1S/C22H27N3O4/c1-16-3-5-19(27-2)17(11-16)13-24-7-9-25(10-8-24)14-22(26)23-18-4-6-20-21(12-18)29-15-28-20/h3-6,11-12H,7-10,13-15H2,1-2H3,(H,23,26). The molecule has 154 valence electrons. The number of fused-ring (bicyclic) bond motifs is 1. The number of ether oxygens (including phenoxy) is 3. The van der Waals surface area contributed by atoms with Crippen LogP contribution < -0.4 is 19.5 Å². The molecule has 0 unspecified atom stereocenters. The number of hydrogen-bond donors (Lipinski definition) is 1. The van der Waals surface area contributed by atoms with Gasteiger partial charge in [0.1, 0.15) is 5.75 Å². The summed E-state index contributed by atoms with van der Waals surface area (Å²) in [5.74, 6) is 2.30. The highest BCUT2D eigenvalue weighted by molar-refractivity contribution is 5.92. The van der Waals surface area contributed by atoms with Crippen molar-refractivity contribution in [3.63, 3.8) is 0 Å². The zero-order valence-electron chi connectivity index (χ0n) is 16.9. The third-order valence-electron chi connectivity index (χ3n) is 5.32. The molecule has 2 aromatic carbocycles. The van der Waals surface area contributed by atoms with E-state index in [1.54, 1.807) is 13.2 Å². The van der Waals surface area contributed by atoms with E-state index in [9.17, 15) is 4.79 Å². The minimum absolute atomic E-state index is 0.0160. The van der Waals surface area contributed by atoms with Gasteiger partial charge >= 0.3 is 0 Å². The van der Waals surface area contributed by atoms with E-state index >= 15 is 0 Å². The number of nitrogens with one attached hydrogen (secondary N) is 1. The van der Waals surface area contributed by atoms with E-state index in [1.165, 1.54) is 11.1 Å². The van der Waals surface area contributed by atoms with Gasteiger partial charge in [-0.1, -0.05) is 17.7 Å². The molecule has 7 nitrogen and oxygen atoms in total. The number of carbonyl (C=O) groups excluding carboxylic acids is 1. The topological polar surface area (TPSA) is 63.3 Å². The van der Waals surface area contributed by atoms with Crippen LogP contribution in [0.1, 0.15) is 11.1 Å². The first-order valence-corrected chi connectivity index (χ1v) is 9.88. The van der Waals surface area contributed by atoms with E-state index in [1.807, 2.05) is 18.2 Å². The Balaban J connectivity index is 1.25. The van der Waals surface area contributed by atoms with E-state index < -0.39 is 0 Å². The summed E-state index contributed by atoms with van der Waals surface area (Å²) in [4.78, 5) is 17.0. The lowest BCUT2D eigenvalue weighted by atomic mass is 10.1. The van der Waals surface area contributed by atoms with Crippen LogP contribution in [0.5, 0.6) is 17.2 Å². The van der Waals surface area contributed by atoms with Crippen LogP contribution in [0.4, 0.5) is 5.69 Å². The van der Waals surface area contributed by atoms with Gasteiger partial charge in [-0.25, -0.2) is 0 Å². The maximum absolute atomic E-state index is 12.4. The first-order valence-electron chi connectivity index (χ1n) is 9.88. The summed E-state index contributed by atoms with van der Waals surface area (Å²) in [6.45, 7) is 7.15. The number of aryl methyl sites for hydroxylation is 1. The van der Waals surface area contributed by atoms with Crippen LogP contribution in [-0.2, 0) is 11.3 Å². The molecule has 0 saturated carbocycles. The normalized spacial score (nSPS) is 16.6. The molecule has 0 bridgehead atoms. The lowest BCUT2D eigenvalue weighted by Crippen LogP contribution is -2.48. The summed E-state index contributed by atoms with van der Waals surface area (Å²) in [5, 5.41) is 2.94. The third-order valence-corrected chi connectivity index (χ3v) is 5.32. The minimum atomic E-state index is -0.0160. The van der Waals surface area contributed by atoms with Crippen molar-refractivity contribution >= 4 is 11.6 Å². The van der Waals surface area contributed by atoms with Gasteiger partial charge in [0.15, 0.2) is 11.5 Å². The molecule has 1 N–H and O–H groups in total. The van der Waals surface area contributed by atoms with Gasteiger partial charge in [0.05, 0.1) is 13.7 Å². The van der Waals surface area contributed by atoms with Crippen LogP contribution in [0.2, 0.25) is 0 Å². The second-order valence-electron chi connectivity index (χ2n) is 7.48. The Bertz CT molecular complexity index is 878. The fraction of sp³-hybridized carbons (Fsp3) is 0.409. The monoisotopic (exact) mass is 397 g/mol. The summed E-state index contributed by atoms with van der Waals surface area (Å²) in [6, 6.07) is 11.7. The quantitative estimate of drug-likeness (QED) is 0.808. The van der Waals surface area contributed by atoms with Gasteiger partial charge in [-0.2, -0.15) is 0 Å². The molecule has 0 aliphatic carbocycles. The van der Waals surface area contributed by atoms with Crippen molar-refractivity contribution < 1.29 is 19.0 Å². The molecule has 29 heavy (non-hydrogen) atoms. The number of hydrogen-bond acceptors (Lipinski definition) is 6. The molecule has 1 amide bonds. The highest BCUT2D eigenvalue weighted by Gasteiger charge is 2.21. The molecule has 1 fully saturated rings. The summed E-state index contributed by atoms with van der Waals surface area (Å²) in [6.07, 6.45) is 0. The molecular weight excluding hydrogens is 370 g/mol. The molecule has 0 atom stereocenters. The van der Waals surface area contributed by atoms with Crippen LogP contribution in [0, 0.1) is 6.92 Å². The van der Waals surface area contributed by atoms with Gasteiger partial charge in [-0.05, 0) is 25.1 Å². The Kier molecular flexibility index (Phi) is 5.87. The SMILES string of the molecule is COc1ccc(C)cc1CN1CCN(CC(=O)Nc2ccc3c(c2)OCO3)CC1. The van der Waals surface area contributed by atoms with Crippen LogP contribution >= 0.6 is 0 Å². The fourth-order valence-electron chi connectivity index (χ4n) is 3.76. The van der Waals surface area contributed by atoms with Gasteiger partial charge in [0, 0.05) is 50.0 Å². The van der Waals surface area contributed by atoms with Crippen molar-refractivity contribution in [2.45, 2.75) is 13.5 Å². The van der Waals surface area contributed by atoms with E-state index in [2.05, 4.69) is 34.2 Å². The summed E-state index contributed by atoms with van der Waals surface area (Å²) >= 11 is 0. The van der Waals surface area contributed by atoms with Crippen molar-refractivity contribution in [2.24, 2.45) is 0 Å². The largest absolute Gasteiger partial charge is 0.496 e. The predicted molar refractivity (Wildman–Crippen MR) is 111 cm³/mol. The van der Waals surface area contributed by atoms with Crippen molar-refractivity contribution in [3.05, 3.63) is 47.5 Å². The summed E-state index contributed by atoms with van der Waals surface area (Å²) in [7, 11) is 1.71. The number of benzene rings is 2. The molecule has 1 saturated heterocycles. The minimum Gasteiger partial charge on any atom is -0.496 e. The van der Waals surface area contributed by atoms with Crippen molar-refractivity contribution in [1.29, 1.82) is 0 Å². The molecule has 0 aromatic heterocycles. The smallest absolute Gasteiger partial charge is 0.238 e. The van der Waals surface area contributed by atoms with Gasteiger partial charge in [-0.3, -0.25) is 14.6 Å². The van der Waals surface area contributed by atoms with E-state index in [-0.39, 0.29) is 12.7 Å². The number of rotatable bonds is 6. The van der Waals surface area contributed by atoms with E-state index in [0.29, 0.717) is 18.0 Å². The Hall–Kier alpha value is -2.77. The molecule has 0 radical (unpaired) electrons. The Morgan fingerprint density at radius 3 is 2.59 bits per heavy atom. The molecule has 2 aliphatic rings. The third kappa shape index (κ3) is 4.81. The lowest BCUT2D eigenvalue weighted by molar-refractivity contribution is -0.117. The van der Waals surface area contributed by atoms with E-state index in [4.69, 9.17) is 14.2 Å². The predicted octanol–water partition coefficient (Wildman–Crippen LogP) is 2.49. The van der Waals surface area contributed by atoms with Crippen LogP contribution in [0.3, 0.4) is 0 Å². The average molecular weight is 397 g/mol. The second-order valence-corrected chi connectivity index (χ2v) is 7.48. The number of piperazine rings is 1. The zero-order chi connectivity index (χ0) is 20.2.